The number of hydrogen-bond acceptors (Lipinski definition) is 8. The van der Waals surface area contributed by atoms with Gasteiger partial charge in [-0.3, -0.25) is 28.8 Å². The lowest BCUT2D eigenvalue weighted by atomic mass is 9.96. The molecule has 0 aliphatic carbocycles. The number of hydrogen-bond donors (Lipinski definition) is 7. The largest absolute Gasteiger partial charge is 0.481 e. The van der Waals surface area contributed by atoms with Gasteiger partial charge in [-0.1, -0.05) is 82.5 Å². The molecule has 16 nitrogen and oxygen atoms in total. The number of carboxylic acids is 1. The van der Waals surface area contributed by atoms with Crippen molar-refractivity contribution in [1.82, 2.24) is 20.9 Å². The first-order valence-corrected chi connectivity index (χ1v) is 19.5. The number of carbonyl (C=O) groups is 7. The third-order valence-electron chi connectivity index (χ3n) is 9.83. The molecule has 1 aliphatic rings. The van der Waals surface area contributed by atoms with Gasteiger partial charge in [-0.25, -0.2) is 4.79 Å². The number of urea groups is 1. The predicted molar refractivity (Wildman–Crippen MR) is 217 cm³/mol. The Kier molecular flexibility index (Phi) is 16.6. The van der Waals surface area contributed by atoms with Gasteiger partial charge in [-0.15, -0.1) is 0 Å². The number of carbonyl (C=O) groups excluding carboxylic acids is 6. The fraction of sp³-hybridized carbons (Fsp3) is 0.405. The van der Waals surface area contributed by atoms with Crippen LogP contribution in [0.15, 0.2) is 78.9 Å². The summed E-state index contributed by atoms with van der Waals surface area (Å²) in [6, 6.07) is 17.6. The number of primary amides is 1. The minimum Gasteiger partial charge on any atom is -0.481 e. The Morgan fingerprint density at radius 3 is 2.17 bits per heavy atom. The van der Waals surface area contributed by atoms with Crippen LogP contribution in [0.3, 0.4) is 0 Å². The van der Waals surface area contributed by atoms with Crippen LogP contribution in [0.5, 0.6) is 11.5 Å². The van der Waals surface area contributed by atoms with Crippen molar-refractivity contribution in [2.24, 2.45) is 11.7 Å². The van der Waals surface area contributed by atoms with E-state index >= 15 is 0 Å². The fourth-order valence-electron chi connectivity index (χ4n) is 6.47. The van der Waals surface area contributed by atoms with Crippen LogP contribution >= 0.6 is 0 Å². The zero-order chi connectivity index (χ0) is 42.2. The number of likely N-dealkylation sites (tertiary alicyclic amines) is 1. The first-order valence-electron chi connectivity index (χ1n) is 19.5. The van der Waals surface area contributed by atoms with Crippen LogP contribution < -0.4 is 37.1 Å². The van der Waals surface area contributed by atoms with Crippen molar-refractivity contribution in [3.05, 3.63) is 84.4 Å². The molecule has 1 unspecified atom stereocenters. The first-order chi connectivity index (χ1) is 27.8. The molecular formula is C42H53N7O9. The van der Waals surface area contributed by atoms with E-state index in [1.54, 1.807) is 67.6 Å². The summed E-state index contributed by atoms with van der Waals surface area (Å²) in [6.07, 6.45) is 1.98. The molecule has 1 fully saturated rings. The Morgan fingerprint density at radius 2 is 1.52 bits per heavy atom. The van der Waals surface area contributed by atoms with Gasteiger partial charge in [0.1, 0.15) is 29.9 Å². The number of benzene rings is 3. The maximum absolute atomic E-state index is 13.6. The highest BCUT2D eigenvalue weighted by atomic mass is 16.5. The third-order valence-corrected chi connectivity index (χ3v) is 9.83. The molecule has 310 valence electrons. The van der Waals surface area contributed by atoms with Crippen molar-refractivity contribution in [3.63, 3.8) is 0 Å². The van der Waals surface area contributed by atoms with Crippen molar-refractivity contribution < 1.29 is 43.4 Å². The molecule has 3 aromatic rings. The number of rotatable bonds is 20. The molecule has 58 heavy (non-hydrogen) atoms. The maximum Gasteiger partial charge on any atom is 0.323 e. The SMILES string of the molecule is CCCC[C@H](NC(=O)Cc1ccc(NC(=O)Nc2ccccc2Oc2ccccc2)cc1)C(=O)N[C@@H](CC(=O)O)C(=O)N[C@H](C(=O)N1CCC[C@H]1C(N)=O)C(C)CC. The normalized spacial score (nSPS) is 15.5. The van der Waals surface area contributed by atoms with E-state index in [1.807, 2.05) is 32.0 Å². The second kappa shape index (κ2) is 21.7. The van der Waals surface area contributed by atoms with Crippen molar-refractivity contribution in [1.29, 1.82) is 0 Å². The number of aliphatic carboxylic acids is 1. The topological polar surface area (TPSA) is 238 Å². The second-order valence-corrected chi connectivity index (χ2v) is 14.2. The van der Waals surface area contributed by atoms with E-state index in [2.05, 4.69) is 26.6 Å². The van der Waals surface area contributed by atoms with Crippen molar-refractivity contribution in [3.8, 4) is 11.5 Å². The van der Waals surface area contributed by atoms with Gasteiger partial charge in [0.05, 0.1) is 18.5 Å². The fourth-order valence-corrected chi connectivity index (χ4v) is 6.47. The van der Waals surface area contributed by atoms with Gasteiger partial charge in [-0.05, 0) is 67.1 Å². The van der Waals surface area contributed by atoms with E-state index in [0.717, 1.165) is 0 Å². The molecule has 7 amide bonds. The van der Waals surface area contributed by atoms with Crippen LogP contribution in [0, 0.1) is 5.92 Å². The Bertz CT molecular complexity index is 1910. The van der Waals surface area contributed by atoms with Gasteiger partial charge in [0, 0.05) is 12.2 Å². The summed E-state index contributed by atoms with van der Waals surface area (Å²) in [5, 5.41) is 23.0. The Balaban J connectivity index is 1.36. The van der Waals surface area contributed by atoms with Gasteiger partial charge in [-0.2, -0.15) is 0 Å². The third kappa shape index (κ3) is 13.1. The summed E-state index contributed by atoms with van der Waals surface area (Å²) in [5.74, 6) is -4.02. The van der Waals surface area contributed by atoms with Gasteiger partial charge in [0.2, 0.25) is 29.5 Å². The number of carboxylic acid groups (broad SMARTS) is 1. The molecule has 0 bridgehead atoms. The van der Waals surface area contributed by atoms with E-state index in [-0.39, 0.29) is 19.4 Å². The molecule has 0 spiro atoms. The highest BCUT2D eigenvalue weighted by Gasteiger charge is 2.39. The molecule has 3 aromatic carbocycles. The van der Waals surface area contributed by atoms with Gasteiger partial charge < -0.3 is 47.1 Å². The highest BCUT2D eigenvalue weighted by molar-refractivity contribution is 6.01. The number of nitrogens with zero attached hydrogens (tertiary/aromatic N) is 1. The second-order valence-electron chi connectivity index (χ2n) is 14.2. The summed E-state index contributed by atoms with van der Waals surface area (Å²) in [4.78, 5) is 92.0. The average molecular weight is 800 g/mol. The smallest absolute Gasteiger partial charge is 0.323 e. The summed E-state index contributed by atoms with van der Waals surface area (Å²) in [5.41, 5.74) is 7.01. The molecule has 4 rings (SSSR count). The average Bonchev–Trinajstić information content (AvgIpc) is 3.70. The van der Waals surface area contributed by atoms with Crippen LogP contribution in [0.25, 0.3) is 0 Å². The van der Waals surface area contributed by atoms with Crippen LogP contribution in [0.4, 0.5) is 16.2 Å². The Morgan fingerprint density at radius 1 is 0.845 bits per heavy atom. The first kappa shape index (κ1) is 44.3. The van der Waals surface area contributed by atoms with E-state index in [4.69, 9.17) is 10.5 Å². The van der Waals surface area contributed by atoms with Crippen LogP contribution in [-0.2, 0) is 35.2 Å². The van der Waals surface area contributed by atoms with Gasteiger partial charge >= 0.3 is 12.0 Å². The zero-order valence-corrected chi connectivity index (χ0v) is 33.0. The molecule has 8 N–H and O–H groups in total. The molecule has 1 aliphatic heterocycles. The highest BCUT2D eigenvalue weighted by Crippen LogP contribution is 2.29. The van der Waals surface area contributed by atoms with Gasteiger partial charge in [0.25, 0.3) is 0 Å². The maximum atomic E-state index is 13.6. The Labute approximate surface area is 337 Å². The van der Waals surface area contributed by atoms with Crippen LogP contribution in [0.2, 0.25) is 0 Å². The minimum atomic E-state index is -1.57. The standard InChI is InChI=1S/C42H53N7O9/c1-4-6-15-31(39(54)46-32(25-36(51)52)40(55)48-37(26(3)5-2)41(56)49-23-12-17-33(49)38(43)53)45-35(50)24-27-19-21-28(22-20-27)44-42(57)47-30-16-10-11-18-34(30)58-29-13-8-7-9-14-29/h7-11,13-14,16,18-22,26,31-33,37H,4-6,12,15,17,23-25H2,1-3H3,(H2,43,53)(H,45,50)(H,46,54)(H,48,55)(H,51,52)(H2,44,47,57)/t26?,31-,32-,33-,37-/m0/s1. The number of unbranched alkanes of at least 4 members (excludes halogenated alkanes) is 1. The van der Waals surface area contributed by atoms with Crippen molar-refractivity contribution >= 4 is 52.9 Å². The zero-order valence-electron chi connectivity index (χ0n) is 33.0. The van der Waals surface area contributed by atoms with E-state index < -0.39 is 78.0 Å². The number of ether oxygens (including phenoxy) is 1. The van der Waals surface area contributed by atoms with E-state index in [9.17, 15) is 38.7 Å². The number of nitrogens with one attached hydrogen (secondary N) is 5. The van der Waals surface area contributed by atoms with Crippen molar-refractivity contribution in [2.75, 3.05) is 17.2 Å². The van der Waals surface area contributed by atoms with Crippen LogP contribution in [0.1, 0.15) is 71.3 Å². The van der Waals surface area contributed by atoms with Gasteiger partial charge in [0.15, 0.2) is 5.75 Å². The predicted octanol–water partition coefficient (Wildman–Crippen LogP) is 4.31. The van der Waals surface area contributed by atoms with Crippen molar-refractivity contribution in [2.45, 2.75) is 96.3 Å². The van der Waals surface area contributed by atoms with E-state index in [1.165, 1.54) is 4.90 Å². The quantitative estimate of drug-likeness (QED) is 0.0861. The molecule has 0 aromatic heterocycles. The van der Waals surface area contributed by atoms with Crippen LogP contribution in [-0.4, -0.2) is 82.3 Å². The number of para-hydroxylation sites is 3. The number of amides is 7. The van der Waals surface area contributed by atoms with E-state index in [0.29, 0.717) is 60.5 Å². The minimum absolute atomic E-state index is 0.118. The lowest BCUT2D eigenvalue weighted by molar-refractivity contribution is -0.144. The molecule has 1 heterocycles. The molecular weight excluding hydrogens is 747 g/mol. The molecule has 5 atom stereocenters. The number of nitrogens with two attached hydrogens (primary N) is 1. The summed E-state index contributed by atoms with van der Waals surface area (Å²) in [6.45, 7) is 5.74. The number of anilines is 2. The summed E-state index contributed by atoms with van der Waals surface area (Å²) >= 11 is 0. The Hall–Kier alpha value is -6.45. The molecule has 0 saturated carbocycles. The molecule has 16 heteroatoms. The molecule has 0 radical (unpaired) electrons. The lowest BCUT2D eigenvalue weighted by Crippen LogP contribution is -2.59. The lowest BCUT2D eigenvalue weighted by Gasteiger charge is -2.32. The summed E-state index contributed by atoms with van der Waals surface area (Å²) < 4.78 is 5.91. The molecule has 1 saturated heterocycles. The monoisotopic (exact) mass is 799 g/mol. The summed E-state index contributed by atoms with van der Waals surface area (Å²) in [7, 11) is 0.